The number of aromatic nitrogens is 1. The molecule has 18 heavy (non-hydrogen) atoms. The first-order valence-corrected chi connectivity index (χ1v) is 6.43. The molecule has 6 heteroatoms. The van der Waals surface area contributed by atoms with Crippen LogP contribution < -0.4 is 4.90 Å². The fraction of sp³-hybridized carbons (Fsp3) is 0.583. The summed E-state index contributed by atoms with van der Waals surface area (Å²) in [6.07, 6.45) is 3.56. The third-order valence-electron chi connectivity index (χ3n) is 3.41. The van der Waals surface area contributed by atoms with Gasteiger partial charge in [0, 0.05) is 18.7 Å². The number of hydrogen-bond donors (Lipinski definition) is 0. The third-order valence-corrected chi connectivity index (χ3v) is 3.69. The SMILES string of the molecule is CC1CCC(C)N(c2ncc([N+](=O)[O-])cc2Cl)C1. The lowest BCUT2D eigenvalue weighted by molar-refractivity contribution is -0.385. The molecule has 2 rings (SSSR count). The maximum Gasteiger partial charge on any atom is 0.289 e. The van der Waals surface area contributed by atoms with Gasteiger partial charge in [-0.2, -0.15) is 0 Å². The maximum absolute atomic E-state index is 10.7. The predicted octanol–water partition coefficient (Wildman–Crippen LogP) is 3.27. The number of nitro groups is 1. The molecule has 0 bridgehead atoms. The molecule has 0 amide bonds. The number of pyridine rings is 1. The normalized spacial score (nSPS) is 24.1. The molecule has 0 radical (unpaired) electrons. The Morgan fingerprint density at radius 2 is 2.22 bits per heavy atom. The minimum Gasteiger partial charge on any atom is -0.352 e. The number of rotatable bonds is 2. The minimum absolute atomic E-state index is 0.0681. The molecular formula is C12H16ClN3O2. The Labute approximate surface area is 111 Å². The van der Waals surface area contributed by atoms with Crippen molar-refractivity contribution < 1.29 is 4.92 Å². The van der Waals surface area contributed by atoms with E-state index in [0.717, 1.165) is 13.0 Å². The average molecular weight is 270 g/mol. The quantitative estimate of drug-likeness (QED) is 0.611. The second-order valence-electron chi connectivity index (χ2n) is 4.94. The second-order valence-corrected chi connectivity index (χ2v) is 5.35. The van der Waals surface area contributed by atoms with Gasteiger partial charge in [0.05, 0.1) is 9.95 Å². The average Bonchev–Trinajstić information content (AvgIpc) is 2.32. The fourth-order valence-electron chi connectivity index (χ4n) is 2.32. The molecule has 98 valence electrons. The lowest BCUT2D eigenvalue weighted by Crippen LogP contribution is -2.41. The molecule has 5 nitrogen and oxygen atoms in total. The highest BCUT2D eigenvalue weighted by molar-refractivity contribution is 6.33. The zero-order valence-electron chi connectivity index (χ0n) is 10.5. The van der Waals surface area contributed by atoms with E-state index < -0.39 is 4.92 Å². The summed E-state index contributed by atoms with van der Waals surface area (Å²) >= 11 is 6.11. The Kier molecular flexibility index (Phi) is 3.71. The van der Waals surface area contributed by atoms with E-state index in [2.05, 4.69) is 23.7 Å². The first kappa shape index (κ1) is 13.1. The zero-order valence-corrected chi connectivity index (χ0v) is 11.2. The van der Waals surface area contributed by atoms with Gasteiger partial charge in [-0.15, -0.1) is 0 Å². The highest BCUT2D eigenvalue weighted by Crippen LogP contribution is 2.32. The molecule has 0 N–H and O–H groups in total. The van der Waals surface area contributed by atoms with Crippen LogP contribution in [0.3, 0.4) is 0 Å². The summed E-state index contributed by atoms with van der Waals surface area (Å²) < 4.78 is 0. The van der Waals surface area contributed by atoms with Gasteiger partial charge in [0.15, 0.2) is 0 Å². The van der Waals surface area contributed by atoms with Crippen molar-refractivity contribution in [3.8, 4) is 0 Å². The van der Waals surface area contributed by atoms with Crippen LogP contribution in [0.5, 0.6) is 0 Å². The zero-order chi connectivity index (χ0) is 13.3. The standard InChI is InChI=1S/C12H16ClN3O2/c1-8-3-4-9(2)15(7-8)12-11(13)5-10(6-14-12)16(17)18/h5-6,8-9H,3-4,7H2,1-2H3. The van der Waals surface area contributed by atoms with Gasteiger partial charge in [0.2, 0.25) is 0 Å². The molecule has 2 heterocycles. The van der Waals surface area contributed by atoms with E-state index in [1.807, 2.05) is 0 Å². The van der Waals surface area contributed by atoms with Crippen molar-refractivity contribution in [3.05, 3.63) is 27.4 Å². The molecule has 0 aromatic carbocycles. The van der Waals surface area contributed by atoms with E-state index in [4.69, 9.17) is 11.6 Å². The number of piperidine rings is 1. The Hall–Kier alpha value is -1.36. The Bertz CT molecular complexity index is 467. The van der Waals surface area contributed by atoms with Crippen LogP contribution >= 0.6 is 11.6 Å². The Morgan fingerprint density at radius 1 is 1.50 bits per heavy atom. The van der Waals surface area contributed by atoms with Gasteiger partial charge in [-0.05, 0) is 25.7 Å². The van der Waals surface area contributed by atoms with Gasteiger partial charge >= 0.3 is 0 Å². The first-order valence-electron chi connectivity index (χ1n) is 6.05. The lowest BCUT2D eigenvalue weighted by atomic mass is 9.95. The highest BCUT2D eigenvalue weighted by Gasteiger charge is 2.26. The summed E-state index contributed by atoms with van der Waals surface area (Å²) in [6.45, 7) is 5.22. The summed E-state index contributed by atoms with van der Waals surface area (Å²) in [5, 5.41) is 11.0. The number of anilines is 1. The predicted molar refractivity (Wildman–Crippen MR) is 71.1 cm³/mol. The third kappa shape index (κ3) is 2.56. The van der Waals surface area contributed by atoms with Crippen LogP contribution in [0.2, 0.25) is 5.02 Å². The number of hydrogen-bond acceptors (Lipinski definition) is 4. The largest absolute Gasteiger partial charge is 0.352 e. The Morgan fingerprint density at radius 3 is 2.83 bits per heavy atom. The molecule has 1 saturated heterocycles. The molecule has 1 aliphatic rings. The monoisotopic (exact) mass is 269 g/mol. The van der Waals surface area contributed by atoms with Crippen molar-refractivity contribution in [1.82, 2.24) is 4.98 Å². The van der Waals surface area contributed by atoms with E-state index in [-0.39, 0.29) is 5.69 Å². The second kappa shape index (κ2) is 5.10. The van der Waals surface area contributed by atoms with Crippen molar-refractivity contribution in [1.29, 1.82) is 0 Å². The van der Waals surface area contributed by atoms with Gasteiger partial charge in [-0.25, -0.2) is 4.98 Å². The van der Waals surface area contributed by atoms with Crippen LogP contribution in [0.15, 0.2) is 12.3 Å². The topological polar surface area (TPSA) is 59.3 Å². The summed E-state index contributed by atoms with van der Waals surface area (Å²) in [5.74, 6) is 1.25. The van der Waals surface area contributed by atoms with Crippen LogP contribution in [0.4, 0.5) is 11.5 Å². The van der Waals surface area contributed by atoms with E-state index in [1.165, 1.54) is 18.7 Å². The summed E-state index contributed by atoms with van der Waals surface area (Å²) in [7, 11) is 0. The molecule has 2 unspecified atom stereocenters. The summed E-state index contributed by atoms with van der Waals surface area (Å²) in [5.41, 5.74) is -0.0681. The van der Waals surface area contributed by atoms with E-state index in [1.54, 1.807) is 0 Å². The smallest absolute Gasteiger partial charge is 0.289 e. The van der Waals surface area contributed by atoms with Crippen LogP contribution in [-0.4, -0.2) is 22.5 Å². The van der Waals surface area contributed by atoms with Gasteiger partial charge in [0.1, 0.15) is 12.0 Å². The minimum atomic E-state index is -0.481. The van der Waals surface area contributed by atoms with Gasteiger partial charge in [0.25, 0.3) is 5.69 Å². The summed E-state index contributed by atoms with van der Waals surface area (Å²) in [6, 6.07) is 1.74. The molecule has 0 saturated carbocycles. The van der Waals surface area contributed by atoms with E-state index in [0.29, 0.717) is 22.8 Å². The highest BCUT2D eigenvalue weighted by atomic mass is 35.5. The number of halogens is 1. The molecular weight excluding hydrogens is 254 g/mol. The molecule has 1 fully saturated rings. The van der Waals surface area contributed by atoms with Gasteiger partial charge in [-0.1, -0.05) is 18.5 Å². The van der Waals surface area contributed by atoms with E-state index >= 15 is 0 Å². The van der Waals surface area contributed by atoms with Crippen molar-refractivity contribution >= 4 is 23.1 Å². The van der Waals surface area contributed by atoms with Gasteiger partial charge < -0.3 is 4.90 Å². The molecule has 0 spiro atoms. The van der Waals surface area contributed by atoms with Crippen LogP contribution in [0.1, 0.15) is 26.7 Å². The summed E-state index contributed by atoms with van der Waals surface area (Å²) in [4.78, 5) is 16.5. The van der Waals surface area contributed by atoms with Crippen molar-refractivity contribution in [2.24, 2.45) is 5.92 Å². The molecule has 1 aromatic rings. The van der Waals surface area contributed by atoms with Gasteiger partial charge in [-0.3, -0.25) is 10.1 Å². The van der Waals surface area contributed by atoms with Crippen molar-refractivity contribution in [2.45, 2.75) is 32.7 Å². The lowest BCUT2D eigenvalue weighted by Gasteiger charge is -2.38. The first-order chi connectivity index (χ1) is 8.49. The van der Waals surface area contributed by atoms with E-state index in [9.17, 15) is 10.1 Å². The van der Waals surface area contributed by atoms with Crippen molar-refractivity contribution in [2.75, 3.05) is 11.4 Å². The fourth-order valence-corrected chi connectivity index (χ4v) is 2.58. The molecule has 2 atom stereocenters. The van der Waals surface area contributed by atoms with Crippen LogP contribution in [0, 0.1) is 16.0 Å². The van der Waals surface area contributed by atoms with Crippen LogP contribution in [0.25, 0.3) is 0 Å². The Balaban J connectivity index is 2.30. The van der Waals surface area contributed by atoms with Crippen LogP contribution in [-0.2, 0) is 0 Å². The maximum atomic E-state index is 10.7. The molecule has 1 aliphatic heterocycles. The molecule has 1 aromatic heterocycles. The number of nitrogens with zero attached hydrogens (tertiary/aromatic N) is 3. The van der Waals surface area contributed by atoms with Crippen molar-refractivity contribution in [3.63, 3.8) is 0 Å². The molecule has 0 aliphatic carbocycles.